The Kier molecular flexibility index (Phi) is 5.69. The Bertz CT molecular complexity index is 704. The summed E-state index contributed by atoms with van der Waals surface area (Å²) >= 11 is 0. The minimum atomic E-state index is -0.204. The van der Waals surface area contributed by atoms with E-state index in [1.807, 2.05) is 24.3 Å². The van der Waals surface area contributed by atoms with Gasteiger partial charge in [0.15, 0.2) is 0 Å². The normalized spacial score (nSPS) is 18.6. The predicted molar refractivity (Wildman–Crippen MR) is 99.2 cm³/mol. The average Bonchev–Trinajstić information content (AvgIpc) is 3.43. The monoisotopic (exact) mass is 340 g/mol. The standard InChI is InChI=1S/C21H25FN2O/c1-2-24(16-9-4-3-5-10-16)14-8-13-23-21(25)19-15-18(19)17-11-6-7-12-20(17)22/h3-7,9-12,18-19H,2,8,13-15H2,1H3,(H,23,25). The molecule has 25 heavy (non-hydrogen) atoms. The average molecular weight is 340 g/mol. The van der Waals surface area contributed by atoms with Gasteiger partial charge in [0.05, 0.1) is 0 Å². The van der Waals surface area contributed by atoms with Gasteiger partial charge in [-0.3, -0.25) is 4.79 Å². The molecule has 132 valence electrons. The van der Waals surface area contributed by atoms with Crippen molar-refractivity contribution < 1.29 is 9.18 Å². The highest BCUT2D eigenvalue weighted by Gasteiger charge is 2.44. The van der Waals surface area contributed by atoms with Crippen LogP contribution in [0.4, 0.5) is 10.1 Å². The predicted octanol–water partition coefficient (Wildman–Crippen LogP) is 3.96. The largest absolute Gasteiger partial charge is 0.372 e. The highest BCUT2D eigenvalue weighted by molar-refractivity contribution is 5.82. The number of nitrogens with zero attached hydrogens (tertiary/aromatic N) is 1. The molecule has 0 aromatic heterocycles. The maximum atomic E-state index is 13.8. The first-order valence-corrected chi connectivity index (χ1v) is 9.03. The summed E-state index contributed by atoms with van der Waals surface area (Å²) in [4.78, 5) is 14.5. The second-order valence-corrected chi connectivity index (χ2v) is 6.53. The Labute approximate surface area is 148 Å². The minimum absolute atomic E-state index is 0.0395. The van der Waals surface area contributed by atoms with Crippen molar-refractivity contribution in [2.45, 2.75) is 25.7 Å². The third-order valence-electron chi connectivity index (χ3n) is 4.84. The van der Waals surface area contributed by atoms with E-state index in [1.54, 1.807) is 12.1 Å². The minimum Gasteiger partial charge on any atom is -0.372 e. The van der Waals surface area contributed by atoms with Gasteiger partial charge in [0, 0.05) is 31.2 Å². The molecule has 1 aliphatic rings. The highest BCUT2D eigenvalue weighted by atomic mass is 19.1. The van der Waals surface area contributed by atoms with Crippen LogP contribution in [0.15, 0.2) is 54.6 Å². The Hall–Kier alpha value is -2.36. The van der Waals surface area contributed by atoms with Crippen molar-refractivity contribution in [3.8, 4) is 0 Å². The summed E-state index contributed by atoms with van der Waals surface area (Å²) in [5, 5.41) is 3.01. The Morgan fingerprint density at radius 2 is 1.88 bits per heavy atom. The number of anilines is 1. The van der Waals surface area contributed by atoms with E-state index in [9.17, 15) is 9.18 Å². The molecule has 0 bridgehead atoms. The summed E-state index contributed by atoms with van der Waals surface area (Å²) < 4.78 is 13.8. The number of nitrogens with one attached hydrogen (secondary N) is 1. The fourth-order valence-electron chi connectivity index (χ4n) is 3.33. The molecule has 2 aromatic rings. The quantitative estimate of drug-likeness (QED) is 0.738. The molecule has 0 spiro atoms. The van der Waals surface area contributed by atoms with Crippen LogP contribution in [0.5, 0.6) is 0 Å². The van der Waals surface area contributed by atoms with Gasteiger partial charge in [-0.2, -0.15) is 0 Å². The molecule has 1 saturated carbocycles. The number of carbonyl (C=O) groups excluding carboxylic acids is 1. The van der Waals surface area contributed by atoms with Gasteiger partial charge in [0.25, 0.3) is 0 Å². The van der Waals surface area contributed by atoms with Gasteiger partial charge in [0.1, 0.15) is 5.82 Å². The van der Waals surface area contributed by atoms with Crippen molar-refractivity contribution >= 4 is 11.6 Å². The van der Waals surface area contributed by atoms with E-state index in [0.717, 1.165) is 25.9 Å². The van der Waals surface area contributed by atoms with Gasteiger partial charge in [-0.1, -0.05) is 36.4 Å². The third-order valence-corrected chi connectivity index (χ3v) is 4.84. The van der Waals surface area contributed by atoms with Crippen molar-refractivity contribution in [1.29, 1.82) is 0 Å². The molecule has 3 nitrogen and oxygen atoms in total. The van der Waals surface area contributed by atoms with Crippen LogP contribution in [-0.4, -0.2) is 25.5 Å². The Morgan fingerprint density at radius 1 is 1.16 bits per heavy atom. The summed E-state index contributed by atoms with van der Waals surface area (Å²) in [5.74, 6) is -0.189. The number of rotatable bonds is 8. The molecule has 3 rings (SSSR count). The highest BCUT2D eigenvalue weighted by Crippen LogP contribution is 2.48. The van der Waals surface area contributed by atoms with Crippen molar-refractivity contribution in [2.24, 2.45) is 5.92 Å². The second kappa shape index (κ2) is 8.15. The molecule has 1 aliphatic carbocycles. The van der Waals surface area contributed by atoms with E-state index in [0.29, 0.717) is 12.1 Å². The zero-order valence-corrected chi connectivity index (χ0v) is 14.6. The molecule has 0 heterocycles. The van der Waals surface area contributed by atoms with Crippen LogP contribution in [0, 0.1) is 11.7 Å². The van der Waals surface area contributed by atoms with Crippen molar-refractivity contribution in [1.82, 2.24) is 5.32 Å². The van der Waals surface area contributed by atoms with Gasteiger partial charge >= 0.3 is 0 Å². The summed E-state index contributed by atoms with van der Waals surface area (Å²) in [6, 6.07) is 17.1. The molecule has 1 amide bonds. The molecule has 0 aliphatic heterocycles. The van der Waals surface area contributed by atoms with Crippen LogP contribution >= 0.6 is 0 Å². The molecule has 2 atom stereocenters. The van der Waals surface area contributed by atoms with E-state index in [2.05, 4.69) is 29.3 Å². The fourth-order valence-corrected chi connectivity index (χ4v) is 3.33. The van der Waals surface area contributed by atoms with Crippen molar-refractivity contribution in [2.75, 3.05) is 24.5 Å². The van der Waals surface area contributed by atoms with E-state index in [1.165, 1.54) is 11.8 Å². The number of benzene rings is 2. The van der Waals surface area contributed by atoms with Crippen LogP contribution in [-0.2, 0) is 4.79 Å². The molecule has 0 radical (unpaired) electrons. The van der Waals surface area contributed by atoms with Gasteiger partial charge in [0.2, 0.25) is 5.91 Å². The Balaban J connectivity index is 1.41. The summed E-state index contributed by atoms with van der Waals surface area (Å²) in [7, 11) is 0. The van der Waals surface area contributed by atoms with Crippen LogP contribution in [0.1, 0.15) is 31.2 Å². The van der Waals surface area contributed by atoms with Gasteiger partial charge in [-0.15, -0.1) is 0 Å². The summed E-state index contributed by atoms with van der Waals surface area (Å²) in [6.07, 6.45) is 1.64. The van der Waals surface area contributed by atoms with Crippen molar-refractivity contribution in [3.05, 3.63) is 66.0 Å². The number of hydrogen-bond acceptors (Lipinski definition) is 2. The Morgan fingerprint density at radius 3 is 2.60 bits per heavy atom. The van der Waals surface area contributed by atoms with E-state index in [-0.39, 0.29) is 23.6 Å². The first kappa shape index (κ1) is 17.5. The second-order valence-electron chi connectivity index (χ2n) is 6.53. The first-order chi connectivity index (χ1) is 12.2. The van der Waals surface area contributed by atoms with Crippen molar-refractivity contribution in [3.63, 3.8) is 0 Å². The van der Waals surface area contributed by atoms with Crippen LogP contribution in [0.3, 0.4) is 0 Å². The lowest BCUT2D eigenvalue weighted by atomic mass is 10.1. The number of para-hydroxylation sites is 1. The topological polar surface area (TPSA) is 32.3 Å². The number of amides is 1. The van der Waals surface area contributed by atoms with E-state index >= 15 is 0 Å². The number of halogens is 1. The van der Waals surface area contributed by atoms with Gasteiger partial charge in [-0.25, -0.2) is 4.39 Å². The molecule has 0 saturated heterocycles. The molecule has 4 heteroatoms. The summed E-state index contributed by atoms with van der Waals surface area (Å²) in [6.45, 7) is 4.63. The third kappa shape index (κ3) is 4.38. The van der Waals surface area contributed by atoms with Gasteiger partial charge in [-0.05, 0) is 49.4 Å². The molecular formula is C21H25FN2O. The molecule has 2 aromatic carbocycles. The van der Waals surface area contributed by atoms with Crippen LogP contribution in [0.2, 0.25) is 0 Å². The maximum absolute atomic E-state index is 13.8. The zero-order chi connectivity index (χ0) is 17.6. The fraction of sp³-hybridized carbons (Fsp3) is 0.381. The van der Waals surface area contributed by atoms with Crippen LogP contribution in [0.25, 0.3) is 0 Å². The smallest absolute Gasteiger partial charge is 0.223 e. The van der Waals surface area contributed by atoms with Gasteiger partial charge < -0.3 is 10.2 Å². The van der Waals surface area contributed by atoms with Crippen LogP contribution < -0.4 is 10.2 Å². The lowest BCUT2D eigenvalue weighted by Gasteiger charge is -2.23. The van der Waals surface area contributed by atoms with E-state index < -0.39 is 0 Å². The first-order valence-electron chi connectivity index (χ1n) is 9.03. The zero-order valence-electron chi connectivity index (χ0n) is 14.6. The maximum Gasteiger partial charge on any atom is 0.223 e. The molecule has 1 fully saturated rings. The molecular weight excluding hydrogens is 315 g/mol. The molecule has 2 unspecified atom stereocenters. The lowest BCUT2D eigenvalue weighted by Crippen LogP contribution is -2.30. The van der Waals surface area contributed by atoms with E-state index in [4.69, 9.17) is 0 Å². The SMILES string of the molecule is CCN(CCCNC(=O)C1CC1c1ccccc1F)c1ccccc1. The lowest BCUT2D eigenvalue weighted by molar-refractivity contribution is -0.122. The summed E-state index contributed by atoms with van der Waals surface area (Å²) in [5.41, 5.74) is 1.88. The number of hydrogen-bond donors (Lipinski definition) is 1. The number of carbonyl (C=O) groups is 1. The molecule has 1 N–H and O–H groups in total.